The maximum atomic E-state index is 10.5. The van der Waals surface area contributed by atoms with Crippen LogP contribution in [0.1, 0.15) is 20.8 Å². The van der Waals surface area contributed by atoms with Crippen LogP contribution in [0, 0.1) is 10.1 Å². The van der Waals surface area contributed by atoms with E-state index < -0.39 is 4.92 Å². The molecular weight excluding hydrogens is 234 g/mol. The van der Waals surface area contributed by atoms with Crippen LogP contribution in [0.4, 0.5) is 11.6 Å². The van der Waals surface area contributed by atoms with Crippen molar-refractivity contribution < 1.29 is 4.92 Å². The van der Waals surface area contributed by atoms with Gasteiger partial charge in [0, 0.05) is 12.6 Å². The first-order valence-electron chi connectivity index (χ1n) is 6.02. The van der Waals surface area contributed by atoms with E-state index >= 15 is 0 Å². The number of hydrogen-bond donors (Lipinski definition) is 1. The molecule has 0 aromatic carbocycles. The fraction of sp³-hybridized carbons (Fsp3) is 0.636. The van der Waals surface area contributed by atoms with Gasteiger partial charge in [0.2, 0.25) is 5.95 Å². The van der Waals surface area contributed by atoms with Gasteiger partial charge in [-0.2, -0.15) is 0 Å². The highest BCUT2D eigenvalue weighted by molar-refractivity contribution is 5.31. The Bertz CT molecular complexity index is 378. The van der Waals surface area contributed by atoms with Gasteiger partial charge in [0.15, 0.2) is 0 Å². The molecule has 0 saturated heterocycles. The van der Waals surface area contributed by atoms with E-state index in [0.29, 0.717) is 5.95 Å². The van der Waals surface area contributed by atoms with Crippen molar-refractivity contribution in [3.05, 3.63) is 22.5 Å². The van der Waals surface area contributed by atoms with Gasteiger partial charge in [-0.3, -0.25) is 10.1 Å². The summed E-state index contributed by atoms with van der Waals surface area (Å²) in [4.78, 5) is 20.1. The quantitative estimate of drug-likeness (QED) is 0.586. The second-order valence-corrected chi connectivity index (χ2v) is 4.05. The Morgan fingerprint density at radius 2 is 1.94 bits per heavy atom. The molecule has 1 atom stereocenters. The number of hydrogen-bond acceptors (Lipinski definition) is 6. The molecule has 0 saturated carbocycles. The monoisotopic (exact) mass is 253 g/mol. The van der Waals surface area contributed by atoms with Crippen LogP contribution in [-0.2, 0) is 0 Å². The predicted molar refractivity (Wildman–Crippen MR) is 69.6 cm³/mol. The molecule has 1 aromatic heterocycles. The van der Waals surface area contributed by atoms with Gasteiger partial charge < -0.3 is 10.2 Å². The number of rotatable bonds is 7. The molecule has 100 valence electrons. The smallest absolute Gasteiger partial charge is 0.305 e. The van der Waals surface area contributed by atoms with E-state index in [1.54, 1.807) is 0 Å². The van der Waals surface area contributed by atoms with E-state index in [2.05, 4.69) is 34.0 Å². The average Bonchev–Trinajstić information content (AvgIpc) is 2.36. The van der Waals surface area contributed by atoms with E-state index in [1.165, 1.54) is 12.4 Å². The van der Waals surface area contributed by atoms with E-state index in [0.717, 1.165) is 19.6 Å². The van der Waals surface area contributed by atoms with Crippen LogP contribution in [0.2, 0.25) is 0 Å². The largest absolute Gasteiger partial charge is 0.350 e. The van der Waals surface area contributed by atoms with E-state index in [9.17, 15) is 10.1 Å². The molecule has 0 amide bonds. The van der Waals surface area contributed by atoms with Crippen LogP contribution in [0.3, 0.4) is 0 Å². The van der Waals surface area contributed by atoms with Crippen molar-refractivity contribution in [3.8, 4) is 0 Å². The van der Waals surface area contributed by atoms with Crippen molar-refractivity contribution in [2.45, 2.75) is 26.8 Å². The zero-order chi connectivity index (χ0) is 13.5. The highest BCUT2D eigenvalue weighted by Crippen LogP contribution is 2.09. The SMILES string of the molecule is CCN(CC)CC(C)Nc1ncc([N+](=O)[O-])cn1. The predicted octanol–water partition coefficient (Wildman–Crippen LogP) is 1.53. The van der Waals surface area contributed by atoms with Crippen molar-refractivity contribution in [1.82, 2.24) is 14.9 Å². The van der Waals surface area contributed by atoms with E-state index in [1.807, 2.05) is 6.92 Å². The van der Waals surface area contributed by atoms with Crippen LogP contribution in [0.25, 0.3) is 0 Å². The molecule has 1 N–H and O–H groups in total. The number of anilines is 1. The number of nitro groups is 1. The summed E-state index contributed by atoms with van der Waals surface area (Å²) in [6.07, 6.45) is 2.42. The zero-order valence-corrected chi connectivity index (χ0v) is 11.0. The third-order valence-electron chi connectivity index (χ3n) is 2.65. The highest BCUT2D eigenvalue weighted by Gasteiger charge is 2.10. The fourth-order valence-electron chi connectivity index (χ4n) is 1.63. The maximum Gasteiger partial charge on any atom is 0.305 e. The number of nitrogens with one attached hydrogen (secondary N) is 1. The summed E-state index contributed by atoms with van der Waals surface area (Å²) in [7, 11) is 0. The lowest BCUT2D eigenvalue weighted by atomic mass is 10.3. The molecular formula is C11H19N5O2. The van der Waals surface area contributed by atoms with Crippen LogP contribution in [-0.4, -0.2) is 45.5 Å². The van der Waals surface area contributed by atoms with Crippen LogP contribution < -0.4 is 5.32 Å². The minimum atomic E-state index is -0.511. The van der Waals surface area contributed by atoms with Crippen molar-refractivity contribution >= 4 is 11.6 Å². The lowest BCUT2D eigenvalue weighted by Crippen LogP contribution is -2.35. The molecule has 7 nitrogen and oxygen atoms in total. The third kappa shape index (κ3) is 4.25. The third-order valence-corrected chi connectivity index (χ3v) is 2.65. The molecule has 1 unspecified atom stereocenters. The van der Waals surface area contributed by atoms with Crippen molar-refractivity contribution in [1.29, 1.82) is 0 Å². The topological polar surface area (TPSA) is 84.2 Å². The Kier molecular flexibility index (Phi) is 5.44. The molecule has 18 heavy (non-hydrogen) atoms. The Morgan fingerprint density at radius 1 is 1.39 bits per heavy atom. The van der Waals surface area contributed by atoms with Gasteiger partial charge in [0.1, 0.15) is 12.4 Å². The van der Waals surface area contributed by atoms with Crippen molar-refractivity contribution in [3.63, 3.8) is 0 Å². The van der Waals surface area contributed by atoms with E-state index in [-0.39, 0.29) is 11.7 Å². The molecule has 7 heteroatoms. The number of nitrogens with zero attached hydrogens (tertiary/aromatic N) is 4. The molecule has 0 aliphatic carbocycles. The first-order valence-corrected chi connectivity index (χ1v) is 6.02. The lowest BCUT2D eigenvalue weighted by Gasteiger charge is -2.23. The average molecular weight is 253 g/mol. The Balaban J connectivity index is 2.53. The Hall–Kier alpha value is -1.76. The normalized spacial score (nSPS) is 12.4. The highest BCUT2D eigenvalue weighted by atomic mass is 16.6. The van der Waals surface area contributed by atoms with Crippen molar-refractivity contribution in [2.75, 3.05) is 25.0 Å². The summed E-state index contributed by atoms with van der Waals surface area (Å²) in [5.74, 6) is 0.417. The molecule has 0 aliphatic rings. The van der Waals surface area contributed by atoms with E-state index in [4.69, 9.17) is 0 Å². The maximum absolute atomic E-state index is 10.5. The van der Waals surface area contributed by atoms with Crippen LogP contribution in [0.15, 0.2) is 12.4 Å². The zero-order valence-electron chi connectivity index (χ0n) is 11.0. The molecule has 1 heterocycles. The number of likely N-dealkylation sites (N-methyl/N-ethyl adjacent to an activating group) is 1. The molecule has 0 aliphatic heterocycles. The lowest BCUT2D eigenvalue weighted by molar-refractivity contribution is -0.385. The van der Waals surface area contributed by atoms with Gasteiger partial charge in [-0.1, -0.05) is 13.8 Å². The summed E-state index contributed by atoms with van der Waals surface area (Å²) in [6.45, 7) is 9.11. The van der Waals surface area contributed by atoms with Gasteiger partial charge in [0.25, 0.3) is 0 Å². The second kappa shape index (κ2) is 6.85. The minimum absolute atomic E-state index is 0.100. The Labute approximate surface area is 106 Å². The first kappa shape index (κ1) is 14.3. The summed E-state index contributed by atoms with van der Waals surface area (Å²) in [6, 6.07) is 0.186. The van der Waals surface area contributed by atoms with Crippen LogP contribution in [0.5, 0.6) is 0 Å². The van der Waals surface area contributed by atoms with Gasteiger partial charge in [-0.25, -0.2) is 9.97 Å². The number of aromatic nitrogens is 2. The van der Waals surface area contributed by atoms with Gasteiger partial charge in [0.05, 0.1) is 4.92 Å². The van der Waals surface area contributed by atoms with Gasteiger partial charge in [-0.05, 0) is 20.0 Å². The molecule has 0 spiro atoms. The Morgan fingerprint density at radius 3 is 2.39 bits per heavy atom. The second-order valence-electron chi connectivity index (χ2n) is 4.05. The van der Waals surface area contributed by atoms with Gasteiger partial charge in [-0.15, -0.1) is 0 Å². The first-order chi connectivity index (χ1) is 8.56. The summed E-state index contributed by atoms with van der Waals surface area (Å²) >= 11 is 0. The van der Waals surface area contributed by atoms with Crippen molar-refractivity contribution in [2.24, 2.45) is 0 Å². The summed E-state index contributed by atoms with van der Waals surface area (Å²) < 4.78 is 0. The standard InChI is InChI=1S/C11H19N5O2/c1-4-15(5-2)8-9(3)14-11-12-6-10(7-13-11)16(17)18/h6-7,9H,4-5,8H2,1-3H3,(H,12,13,14). The molecule has 0 bridgehead atoms. The molecule has 1 rings (SSSR count). The summed E-state index contributed by atoms with van der Waals surface area (Å²) in [5, 5.41) is 13.6. The minimum Gasteiger partial charge on any atom is -0.350 e. The molecule has 0 radical (unpaired) electrons. The van der Waals surface area contributed by atoms with Crippen LogP contribution >= 0.6 is 0 Å². The fourth-order valence-corrected chi connectivity index (χ4v) is 1.63. The molecule has 1 aromatic rings. The summed E-state index contributed by atoms with van der Waals surface area (Å²) in [5.41, 5.74) is -0.100. The van der Waals surface area contributed by atoms with Gasteiger partial charge >= 0.3 is 5.69 Å². The molecule has 0 fully saturated rings.